The van der Waals surface area contributed by atoms with E-state index in [1.807, 2.05) is 0 Å². The van der Waals surface area contributed by atoms with Crippen molar-refractivity contribution in [2.45, 2.75) is 12.8 Å². The molecule has 0 bridgehead atoms. The fourth-order valence-corrected chi connectivity index (χ4v) is 1.74. The van der Waals surface area contributed by atoms with Crippen LogP contribution in [-0.2, 0) is 20.7 Å². The second-order valence-electron chi connectivity index (χ2n) is 3.74. The van der Waals surface area contributed by atoms with E-state index in [0.29, 0.717) is 18.5 Å². The number of benzene rings is 1. The quantitative estimate of drug-likeness (QED) is 0.468. The van der Waals surface area contributed by atoms with Crippen LogP contribution in [0.15, 0.2) is 18.2 Å². The normalized spacial score (nSPS) is 13.6. The Balaban J connectivity index is 2.31. The van der Waals surface area contributed by atoms with Crippen LogP contribution in [0.5, 0.6) is 0 Å². The fraction of sp³-hybridized carbons (Fsp3) is 0.250. The number of hydrogen-bond donors (Lipinski definition) is 1. The van der Waals surface area contributed by atoms with Gasteiger partial charge in [0.15, 0.2) is 0 Å². The van der Waals surface area contributed by atoms with Crippen LogP contribution in [0.3, 0.4) is 0 Å². The molecule has 17 heavy (non-hydrogen) atoms. The highest BCUT2D eigenvalue weighted by atomic mass is 16.5. The summed E-state index contributed by atoms with van der Waals surface area (Å²) in [5.74, 6) is -1.60. The molecule has 0 unspecified atom stereocenters. The number of hydrogen-bond acceptors (Lipinski definition) is 4. The van der Waals surface area contributed by atoms with Crippen molar-refractivity contribution in [3.63, 3.8) is 0 Å². The number of rotatable bonds is 2. The smallest absolute Gasteiger partial charge is 0.379 e. The molecule has 0 aromatic heterocycles. The standard InChI is InChI=1S/C12H11NO4/c1-17-12(16)11(15)8-2-4-9-7(6-8)3-5-10(14)13-9/h2,4,6H,3,5H2,1H3,(H,13,14). The molecule has 0 fully saturated rings. The molecular formula is C12H11NO4. The van der Waals surface area contributed by atoms with E-state index in [0.717, 1.165) is 5.56 Å². The Bertz CT molecular complexity index is 507. The zero-order valence-corrected chi connectivity index (χ0v) is 9.28. The zero-order valence-electron chi connectivity index (χ0n) is 9.28. The topological polar surface area (TPSA) is 72.5 Å². The Kier molecular flexibility index (Phi) is 2.91. The Morgan fingerprint density at radius 3 is 2.76 bits per heavy atom. The van der Waals surface area contributed by atoms with E-state index >= 15 is 0 Å². The number of fused-ring (bicyclic) bond motifs is 1. The largest absolute Gasteiger partial charge is 0.463 e. The predicted octanol–water partition coefficient (Wildman–Crippen LogP) is 0.927. The molecule has 5 heteroatoms. The second-order valence-corrected chi connectivity index (χ2v) is 3.74. The van der Waals surface area contributed by atoms with E-state index in [4.69, 9.17) is 0 Å². The lowest BCUT2D eigenvalue weighted by molar-refractivity contribution is -0.135. The van der Waals surface area contributed by atoms with Crippen molar-refractivity contribution in [2.24, 2.45) is 0 Å². The Hall–Kier alpha value is -2.17. The van der Waals surface area contributed by atoms with Gasteiger partial charge in [-0.05, 0) is 30.2 Å². The van der Waals surface area contributed by atoms with Crippen molar-refractivity contribution >= 4 is 23.3 Å². The van der Waals surface area contributed by atoms with Gasteiger partial charge in [0.2, 0.25) is 5.91 Å². The number of methoxy groups -OCH3 is 1. The number of amides is 1. The van der Waals surface area contributed by atoms with E-state index in [1.165, 1.54) is 13.2 Å². The zero-order chi connectivity index (χ0) is 12.4. The van der Waals surface area contributed by atoms with E-state index in [2.05, 4.69) is 10.1 Å². The predicted molar refractivity (Wildman–Crippen MR) is 59.7 cm³/mol. The number of ether oxygens (including phenoxy) is 1. The summed E-state index contributed by atoms with van der Waals surface area (Å²) in [6.45, 7) is 0. The monoisotopic (exact) mass is 233 g/mol. The molecule has 88 valence electrons. The molecule has 1 amide bonds. The first-order valence-electron chi connectivity index (χ1n) is 5.17. The minimum atomic E-state index is -0.884. The fourth-order valence-electron chi connectivity index (χ4n) is 1.74. The van der Waals surface area contributed by atoms with Gasteiger partial charge in [0.1, 0.15) is 0 Å². The second kappa shape index (κ2) is 4.37. The third-order valence-electron chi connectivity index (χ3n) is 2.63. The molecule has 0 saturated heterocycles. The van der Waals surface area contributed by atoms with Crippen LogP contribution in [-0.4, -0.2) is 24.8 Å². The summed E-state index contributed by atoms with van der Waals surface area (Å²) in [4.78, 5) is 33.8. The average Bonchev–Trinajstić information content (AvgIpc) is 2.36. The van der Waals surface area contributed by atoms with Crippen LogP contribution in [0.1, 0.15) is 22.3 Å². The number of anilines is 1. The molecular weight excluding hydrogens is 222 g/mol. The number of nitrogens with one attached hydrogen (secondary N) is 1. The van der Waals surface area contributed by atoms with E-state index in [9.17, 15) is 14.4 Å². The molecule has 1 aromatic carbocycles. The van der Waals surface area contributed by atoms with Crippen LogP contribution in [0.2, 0.25) is 0 Å². The highest BCUT2D eigenvalue weighted by Gasteiger charge is 2.20. The lowest BCUT2D eigenvalue weighted by atomic mass is 9.99. The van der Waals surface area contributed by atoms with Crippen LogP contribution in [0, 0.1) is 0 Å². The number of Topliss-reactive ketones (excluding diaryl/α,β-unsaturated/α-hetero) is 1. The van der Waals surface area contributed by atoms with Crippen LogP contribution in [0.4, 0.5) is 5.69 Å². The van der Waals surface area contributed by atoms with Crippen molar-refractivity contribution in [1.29, 1.82) is 0 Å². The molecule has 0 spiro atoms. The van der Waals surface area contributed by atoms with Gasteiger partial charge in [-0.1, -0.05) is 0 Å². The highest BCUT2D eigenvalue weighted by molar-refractivity contribution is 6.40. The van der Waals surface area contributed by atoms with Crippen molar-refractivity contribution in [2.75, 3.05) is 12.4 Å². The highest BCUT2D eigenvalue weighted by Crippen LogP contribution is 2.23. The van der Waals surface area contributed by atoms with E-state index in [1.54, 1.807) is 12.1 Å². The van der Waals surface area contributed by atoms with Gasteiger partial charge in [-0.2, -0.15) is 0 Å². The van der Waals surface area contributed by atoms with Gasteiger partial charge in [0.05, 0.1) is 7.11 Å². The summed E-state index contributed by atoms with van der Waals surface area (Å²) < 4.78 is 4.37. The summed E-state index contributed by atoms with van der Waals surface area (Å²) in [5.41, 5.74) is 1.84. The minimum Gasteiger partial charge on any atom is -0.463 e. The number of ketones is 1. The molecule has 5 nitrogen and oxygen atoms in total. The molecule has 1 heterocycles. The molecule has 0 atom stereocenters. The molecule has 1 aromatic rings. The summed E-state index contributed by atoms with van der Waals surface area (Å²) in [6.07, 6.45) is 0.965. The van der Waals surface area contributed by atoms with Crippen molar-refractivity contribution in [3.05, 3.63) is 29.3 Å². The molecule has 0 aliphatic carbocycles. The van der Waals surface area contributed by atoms with Gasteiger partial charge in [-0.3, -0.25) is 9.59 Å². The number of aryl methyl sites for hydroxylation is 1. The summed E-state index contributed by atoms with van der Waals surface area (Å²) in [7, 11) is 1.17. The Morgan fingerprint density at radius 2 is 2.06 bits per heavy atom. The maximum atomic E-state index is 11.6. The lowest BCUT2D eigenvalue weighted by Gasteiger charge is -2.16. The van der Waals surface area contributed by atoms with Gasteiger partial charge in [0.25, 0.3) is 5.78 Å². The van der Waals surface area contributed by atoms with E-state index < -0.39 is 11.8 Å². The Labute approximate surface area is 97.8 Å². The molecule has 0 saturated carbocycles. The molecule has 1 N–H and O–H groups in total. The first-order chi connectivity index (χ1) is 8.11. The number of esters is 1. The first-order valence-corrected chi connectivity index (χ1v) is 5.17. The third-order valence-corrected chi connectivity index (χ3v) is 2.63. The van der Waals surface area contributed by atoms with Crippen molar-refractivity contribution in [1.82, 2.24) is 0 Å². The van der Waals surface area contributed by atoms with Crippen molar-refractivity contribution in [3.8, 4) is 0 Å². The van der Waals surface area contributed by atoms with Gasteiger partial charge in [-0.25, -0.2) is 4.79 Å². The molecule has 2 rings (SSSR count). The first kappa shape index (κ1) is 11.3. The van der Waals surface area contributed by atoms with Crippen LogP contribution >= 0.6 is 0 Å². The SMILES string of the molecule is COC(=O)C(=O)c1ccc2c(c1)CCC(=O)N2. The van der Waals surface area contributed by atoms with Gasteiger partial charge in [-0.15, -0.1) is 0 Å². The maximum Gasteiger partial charge on any atom is 0.379 e. The number of carbonyl (C=O) groups excluding carboxylic acids is 3. The number of carbonyl (C=O) groups is 3. The maximum absolute atomic E-state index is 11.6. The lowest BCUT2D eigenvalue weighted by Crippen LogP contribution is -2.20. The van der Waals surface area contributed by atoms with Crippen molar-refractivity contribution < 1.29 is 19.1 Å². The van der Waals surface area contributed by atoms with E-state index in [-0.39, 0.29) is 11.5 Å². The van der Waals surface area contributed by atoms with Gasteiger partial charge >= 0.3 is 5.97 Å². The third kappa shape index (κ3) is 2.18. The minimum absolute atomic E-state index is 0.0375. The summed E-state index contributed by atoms with van der Waals surface area (Å²) in [6, 6.07) is 4.75. The summed E-state index contributed by atoms with van der Waals surface area (Å²) in [5, 5.41) is 2.70. The van der Waals surface area contributed by atoms with Gasteiger partial charge in [0, 0.05) is 17.7 Å². The molecule has 1 aliphatic rings. The Morgan fingerprint density at radius 1 is 1.29 bits per heavy atom. The van der Waals surface area contributed by atoms with Gasteiger partial charge < -0.3 is 10.1 Å². The molecule has 1 aliphatic heterocycles. The summed E-state index contributed by atoms with van der Waals surface area (Å²) >= 11 is 0. The molecule has 0 radical (unpaired) electrons. The van der Waals surface area contributed by atoms with Crippen LogP contribution < -0.4 is 5.32 Å². The van der Waals surface area contributed by atoms with Crippen LogP contribution in [0.25, 0.3) is 0 Å². The average molecular weight is 233 g/mol.